The number of carboxylic acid groups (broad SMARTS) is 1. The Morgan fingerprint density at radius 2 is 1.90 bits per heavy atom. The van der Waals surface area contributed by atoms with Gasteiger partial charge in [-0.1, -0.05) is 20.8 Å². The molecule has 20 heavy (non-hydrogen) atoms. The van der Waals surface area contributed by atoms with Crippen molar-refractivity contribution in [2.45, 2.75) is 52.9 Å². The highest BCUT2D eigenvalue weighted by molar-refractivity contribution is 5.74. The third-order valence-corrected chi connectivity index (χ3v) is 4.15. The Morgan fingerprint density at radius 3 is 2.35 bits per heavy atom. The van der Waals surface area contributed by atoms with Gasteiger partial charge >= 0.3 is 12.0 Å². The van der Waals surface area contributed by atoms with Crippen LogP contribution in [0.3, 0.4) is 0 Å². The molecule has 1 fully saturated rings. The van der Waals surface area contributed by atoms with Gasteiger partial charge in [0.2, 0.25) is 0 Å². The predicted molar refractivity (Wildman–Crippen MR) is 78.6 cm³/mol. The number of carbonyl (C=O) groups is 2. The highest BCUT2D eigenvalue weighted by Crippen LogP contribution is 2.47. The lowest BCUT2D eigenvalue weighted by Gasteiger charge is -2.19. The molecule has 5 heteroatoms. The zero-order valence-corrected chi connectivity index (χ0v) is 12.9. The summed E-state index contributed by atoms with van der Waals surface area (Å²) >= 11 is 0. The van der Waals surface area contributed by atoms with Crippen molar-refractivity contribution in [3.8, 4) is 0 Å². The molecule has 0 spiro atoms. The van der Waals surface area contributed by atoms with Crippen molar-refractivity contribution in [2.75, 3.05) is 13.1 Å². The summed E-state index contributed by atoms with van der Waals surface area (Å²) in [5.74, 6) is -0.376. The number of hydrogen-bond acceptors (Lipinski definition) is 2. The molecule has 0 saturated heterocycles. The summed E-state index contributed by atoms with van der Waals surface area (Å²) in [6, 6.07) is -0.177. The van der Waals surface area contributed by atoms with Crippen LogP contribution in [0.5, 0.6) is 0 Å². The van der Waals surface area contributed by atoms with Gasteiger partial charge in [-0.3, -0.25) is 4.79 Å². The Hall–Kier alpha value is -1.26. The third kappa shape index (κ3) is 6.26. The summed E-state index contributed by atoms with van der Waals surface area (Å²) in [4.78, 5) is 22.6. The molecule has 1 atom stereocenters. The van der Waals surface area contributed by atoms with Gasteiger partial charge in [0.05, 0.1) is 0 Å². The lowest BCUT2D eigenvalue weighted by atomic mass is 9.94. The molecule has 0 bridgehead atoms. The molecule has 0 radical (unpaired) electrons. The predicted octanol–water partition coefficient (Wildman–Crippen LogP) is 2.61. The molecule has 0 aliphatic heterocycles. The van der Waals surface area contributed by atoms with Crippen LogP contribution in [0, 0.1) is 17.3 Å². The topological polar surface area (TPSA) is 78.4 Å². The van der Waals surface area contributed by atoms with Crippen LogP contribution in [0.25, 0.3) is 0 Å². The SMILES string of the molecule is CCC1(CNC(=O)NCC(CC(=O)O)CC(C)C)CC1. The van der Waals surface area contributed by atoms with E-state index < -0.39 is 5.97 Å². The summed E-state index contributed by atoms with van der Waals surface area (Å²) in [5.41, 5.74) is 0.329. The van der Waals surface area contributed by atoms with Crippen molar-refractivity contribution in [2.24, 2.45) is 17.3 Å². The Bertz CT molecular complexity index is 338. The molecule has 1 aliphatic rings. The van der Waals surface area contributed by atoms with Crippen molar-refractivity contribution in [3.05, 3.63) is 0 Å². The molecule has 116 valence electrons. The van der Waals surface area contributed by atoms with E-state index in [1.807, 2.05) is 0 Å². The van der Waals surface area contributed by atoms with E-state index in [-0.39, 0.29) is 18.4 Å². The van der Waals surface area contributed by atoms with Crippen molar-refractivity contribution in [1.82, 2.24) is 10.6 Å². The molecule has 0 heterocycles. The minimum atomic E-state index is -0.805. The van der Waals surface area contributed by atoms with Gasteiger partial charge in [-0.05, 0) is 42.9 Å². The summed E-state index contributed by atoms with van der Waals surface area (Å²) in [6.07, 6.45) is 4.41. The van der Waals surface area contributed by atoms with Crippen LogP contribution in [0.15, 0.2) is 0 Å². The highest BCUT2D eigenvalue weighted by atomic mass is 16.4. The van der Waals surface area contributed by atoms with E-state index in [0.29, 0.717) is 17.9 Å². The minimum absolute atomic E-state index is 0.000639. The van der Waals surface area contributed by atoms with E-state index in [4.69, 9.17) is 5.11 Å². The Kier molecular flexibility index (Phi) is 6.30. The van der Waals surface area contributed by atoms with Crippen LogP contribution in [0.2, 0.25) is 0 Å². The number of nitrogens with one attached hydrogen (secondary N) is 2. The number of rotatable bonds is 9. The van der Waals surface area contributed by atoms with Gasteiger partial charge < -0.3 is 15.7 Å². The number of aliphatic carboxylic acids is 1. The molecule has 5 nitrogen and oxygen atoms in total. The number of urea groups is 1. The zero-order valence-electron chi connectivity index (χ0n) is 12.9. The molecular formula is C15H28N2O3. The first-order chi connectivity index (χ1) is 9.37. The second kappa shape index (κ2) is 7.50. The lowest BCUT2D eigenvalue weighted by Crippen LogP contribution is -2.41. The van der Waals surface area contributed by atoms with E-state index in [0.717, 1.165) is 19.4 Å². The monoisotopic (exact) mass is 284 g/mol. The van der Waals surface area contributed by atoms with Crippen molar-refractivity contribution >= 4 is 12.0 Å². The summed E-state index contributed by atoms with van der Waals surface area (Å²) < 4.78 is 0. The van der Waals surface area contributed by atoms with E-state index in [9.17, 15) is 9.59 Å². The molecule has 1 unspecified atom stereocenters. The minimum Gasteiger partial charge on any atom is -0.481 e. The van der Waals surface area contributed by atoms with Crippen LogP contribution < -0.4 is 10.6 Å². The van der Waals surface area contributed by atoms with Gasteiger partial charge in [-0.2, -0.15) is 0 Å². The van der Waals surface area contributed by atoms with Crippen LogP contribution in [-0.2, 0) is 4.79 Å². The second-order valence-electron chi connectivity index (χ2n) is 6.51. The third-order valence-electron chi connectivity index (χ3n) is 4.15. The molecule has 1 aliphatic carbocycles. The first-order valence-electron chi connectivity index (χ1n) is 7.60. The van der Waals surface area contributed by atoms with Crippen LogP contribution >= 0.6 is 0 Å². The molecule has 0 aromatic heterocycles. The van der Waals surface area contributed by atoms with Crippen molar-refractivity contribution < 1.29 is 14.7 Å². The Morgan fingerprint density at radius 1 is 1.25 bits per heavy atom. The molecule has 0 aromatic rings. The van der Waals surface area contributed by atoms with Gasteiger partial charge in [-0.15, -0.1) is 0 Å². The molecule has 1 rings (SSSR count). The molecule has 1 saturated carbocycles. The van der Waals surface area contributed by atoms with Crippen LogP contribution in [0.1, 0.15) is 52.9 Å². The lowest BCUT2D eigenvalue weighted by molar-refractivity contribution is -0.138. The van der Waals surface area contributed by atoms with Gasteiger partial charge in [0.15, 0.2) is 0 Å². The number of carbonyl (C=O) groups excluding carboxylic acids is 1. The molecular weight excluding hydrogens is 256 g/mol. The van der Waals surface area contributed by atoms with E-state index in [1.54, 1.807) is 0 Å². The average molecular weight is 284 g/mol. The normalized spacial score (nSPS) is 17.6. The molecule has 0 aromatic carbocycles. The fourth-order valence-electron chi connectivity index (χ4n) is 2.55. The van der Waals surface area contributed by atoms with Crippen molar-refractivity contribution in [3.63, 3.8) is 0 Å². The number of amides is 2. The van der Waals surface area contributed by atoms with Gasteiger partial charge in [-0.25, -0.2) is 4.79 Å². The quantitative estimate of drug-likeness (QED) is 0.609. The fraction of sp³-hybridized carbons (Fsp3) is 0.867. The van der Waals surface area contributed by atoms with Crippen LogP contribution in [0.4, 0.5) is 4.79 Å². The fourth-order valence-corrected chi connectivity index (χ4v) is 2.55. The standard InChI is InChI=1S/C15H28N2O3/c1-4-15(5-6-15)10-17-14(20)16-9-12(7-11(2)3)8-13(18)19/h11-12H,4-10H2,1-3H3,(H,18,19)(H2,16,17,20). The van der Waals surface area contributed by atoms with Crippen molar-refractivity contribution in [1.29, 1.82) is 0 Å². The average Bonchev–Trinajstić information content (AvgIpc) is 3.13. The van der Waals surface area contributed by atoms with Crippen LogP contribution in [-0.4, -0.2) is 30.2 Å². The van der Waals surface area contributed by atoms with E-state index >= 15 is 0 Å². The Labute approximate surface area is 121 Å². The maximum absolute atomic E-state index is 11.7. The second-order valence-corrected chi connectivity index (χ2v) is 6.51. The van der Waals surface area contributed by atoms with Gasteiger partial charge in [0.1, 0.15) is 0 Å². The number of hydrogen-bond donors (Lipinski definition) is 3. The van der Waals surface area contributed by atoms with Gasteiger partial charge in [0, 0.05) is 19.5 Å². The summed E-state index contributed by atoms with van der Waals surface area (Å²) in [7, 11) is 0. The van der Waals surface area contributed by atoms with E-state index in [1.165, 1.54) is 12.8 Å². The van der Waals surface area contributed by atoms with Gasteiger partial charge in [0.25, 0.3) is 0 Å². The smallest absolute Gasteiger partial charge is 0.314 e. The zero-order chi connectivity index (χ0) is 15.2. The first kappa shape index (κ1) is 16.8. The molecule has 3 N–H and O–H groups in total. The summed E-state index contributed by atoms with van der Waals surface area (Å²) in [5, 5.41) is 14.6. The first-order valence-corrected chi connectivity index (χ1v) is 7.60. The maximum Gasteiger partial charge on any atom is 0.314 e. The highest BCUT2D eigenvalue weighted by Gasteiger charge is 2.40. The molecule has 2 amide bonds. The number of carboxylic acids is 1. The maximum atomic E-state index is 11.7. The van der Waals surface area contributed by atoms with E-state index in [2.05, 4.69) is 31.4 Å². The largest absolute Gasteiger partial charge is 0.481 e. The summed E-state index contributed by atoms with van der Waals surface area (Å²) in [6.45, 7) is 7.43. The Balaban J connectivity index is 2.26.